The Morgan fingerprint density at radius 2 is 1.80 bits per heavy atom. The van der Waals surface area contributed by atoms with E-state index < -0.39 is 0 Å². The van der Waals surface area contributed by atoms with E-state index in [0.29, 0.717) is 0 Å². The zero-order valence-electron chi connectivity index (χ0n) is 12.9. The fraction of sp³-hybridized carbons (Fsp3) is 0.444. The van der Waals surface area contributed by atoms with E-state index in [1.807, 2.05) is 19.1 Å². The molecule has 1 unspecified atom stereocenters. The number of fused-ring (bicyclic) bond motifs is 1. The van der Waals surface area contributed by atoms with Gasteiger partial charge < -0.3 is 10.5 Å². The van der Waals surface area contributed by atoms with Crippen molar-refractivity contribution in [3.05, 3.63) is 42.0 Å². The largest absolute Gasteiger partial charge is 0.493 e. The predicted molar refractivity (Wildman–Crippen MR) is 86.1 cm³/mol. The third-order valence-corrected chi connectivity index (χ3v) is 3.50. The van der Waals surface area contributed by atoms with Crippen LogP contribution in [0.25, 0.3) is 10.8 Å². The molecule has 2 rings (SSSR count). The van der Waals surface area contributed by atoms with Crippen LogP contribution in [-0.2, 0) is 0 Å². The molecule has 20 heavy (non-hydrogen) atoms. The number of benzene rings is 2. The standard InChI is InChI=1S/C18H25NO/c1-13(19)15-10-9-14-7-5-6-8-16(14)17(15)20-12-11-18(2,3)4/h5-10,13H,11-12,19H2,1-4H3. The van der Waals surface area contributed by atoms with Crippen LogP contribution in [-0.4, -0.2) is 6.61 Å². The van der Waals surface area contributed by atoms with Crippen LogP contribution in [0.4, 0.5) is 0 Å². The fourth-order valence-electron chi connectivity index (χ4n) is 2.24. The molecule has 0 aliphatic carbocycles. The van der Waals surface area contributed by atoms with Gasteiger partial charge in [-0.25, -0.2) is 0 Å². The minimum absolute atomic E-state index is 0.0238. The van der Waals surface area contributed by atoms with Crippen molar-refractivity contribution in [1.82, 2.24) is 0 Å². The van der Waals surface area contributed by atoms with Gasteiger partial charge in [-0.2, -0.15) is 0 Å². The van der Waals surface area contributed by atoms with Gasteiger partial charge in [0.15, 0.2) is 0 Å². The van der Waals surface area contributed by atoms with Crippen molar-refractivity contribution in [3.8, 4) is 5.75 Å². The zero-order chi connectivity index (χ0) is 14.8. The molecule has 0 aliphatic rings. The molecule has 0 fully saturated rings. The molecule has 0 saturated carbocycles. The molecule has 108 valence electrons. The molecule has 0 bridgehead atoms. The van der Waals surface area contributed by atoms with E-state index in [-0.39, 0.29) is 11.5 Å². The molecule has 2 heteroatoms. The van der Waals surface area contributed by atoms with Gasteiger partial charge in [0.1, 0.15) is 5.75 Å². The van der Waals surface area contributed by atoms with Gasteiger partial charge in [0.05, 0.1) is 6.61 Å². The first-order valence-electron chi connectivity index (χ1n) is 7.28. The summed E-state index contributed by atoms with van der Waals surface area (Å²) in [6, 6.07) is 12.5. The average Bonchev–Trinajstić information content (AvgIpc) is 2.37. The van der Waals surface area contributed by atoms with E-state index in [2.05, 4.69) is 45.0 Å². The number of nitrogens with two attached hydrogens (primary N) is 1. The Labute approximate surface area is 121 Å². The highest BCUT2D eigenvalue weighted by atomic mass is 16.5. The lowest BCUT2D eigenvalue weighted by Gasteiger charge is -2.21. The molecule has 2 N–H and O–H groups in total. The Kier molecular flexibility index (Phi) is 4.34. The molecule has 0 aromatic heterocycles. The summed E-state index contributed by atoms with van der Waals surface area (Å²) in [4.78, 5) is 0. The molecule has 0 spiro atoms. The van der Waals surface area contributed by atoms with Crippen LogP contribution in [0.3, 0.4) is 0 Å². The lowest BCUT2D eigenvalue weighted by atomic mass is 9.93. The minimum atomic E-state index is -0.0238. The van der Waals surface area contributed by atoms with Crippen molar-refractivity contribution >= 4 is 10.8 Å². The summed E-state index contributed by atoms with van der Waals surface area (Å²) in [6.07, 6.45) is 1.02. The Morgan fingerprint density at radius 3 is 2.45 bits per heavy atom. The fourth-order valence-corrected chi connectivity index (χ4v) is 2.24. The molecule has 0 aliphatic heterocycles. The van der Waals surface area contributed by atoms with Gasteiger partial charge in [-0.15, -0.1) is 0 Å². The lowest BCUT2D eigenvalue weighted by Crippen LogP contribution is -2.13. The van der Waals surface area contributed by atoms with Gasteiger partial charge in [-0.1, -0.05) is 57.2 Å². The number of rotatable bonds is 4. The van der Waals surface area contributed by atoms with Crippen LogP contribution < -0.4 is 10.5 Å². The third-order valence-electron chi connectivity index (χ3n) is 3.50. The molecule has 0 heterocycles. The Balaban J connectivity index is 2.35. The van der Waals surface area contributed by atoms with Crippen molar-refractivity contribution in [2.24, 2.45) is 11.1 Å². The first kappa shape index (κ1) is 14.9. The minimum Gasteiger partial charge on any atom is -0.493 e. The second kappa shape index (κ2) is 5.84. The topological polar surface area (TPSA) is 35.2 Å². The van der Waals surface area contributed by atoms with Crippen LogP contribution in [0.5, 0.6) is 5.75 Å². The third kappa shape index (κ3) is 3.51. The highest BCUT2D eigenvalue weighted by molar-refractivity contribution is 5.89. The molecular formula is C18H25NO. The van der Waals surface area contributed by atoms with Crippen molar-refractivity contribution in [2.45, 2.75) is 40.2 Å². The Morgan fingerprint density at radius 1 is 1.10 bits per heavy atom. The summed E-state index contributed by atoms with van der Waals surface area (Å²) < 4.78 is 6.11. The zero-order valence-corrected chi connectivity index (χ0v) is 12.9. The van der Waals surface area contributed by atoms with Crippen LogP contribution in [0.1, 0.15) is 45.7 Å². The SMILES string of the molecule is CC(N)c1ccc2ccccc2c1OCCC(C)(C)C. The van der Waals surface area contributed by atoms with Crippen LogP contribution >= 0.6 is 0 Å². The average molecular weight is 271 g/mol. The van der Waals surface area contributed by atoms with E-state index >= 15 is 0 Å². The smallest absolute Gasteiger partial charge is 0.131 e. The highest BCUT2D eigenvalue weighted by Crippen LogP contribution is 2.33. The van der Waals surface area contributed by atoms with Gasteiger partial charge in [0.2, 0.25) is 0 Å². The van der Waals surface area contributed by atoms with Crippen molar-refractivity contribution < 1.29 is 4.74 Å². The summed E-state index contributed by atoms with van der Waals surface area (Å²) in [6.45, 7) is 9.40. The maximum atomic E-state index is 6.11. The Bertz CT molecular complexity index is 581. The van der Waals surface area contributed by atoms with E-state index in [4.69, 9.17) is 10.5 Å². The number of hydrogen-bond acceptors (Lipinski definition) is 2. The van der Waals surface area contributed by atoms with Crippen LogP contribution in [0.2, 0.25) is 0 Å². The molecule has 2 aromatic rings. The summed E-state index contributed by atoms with van der Waals surface area (Å²) in [5.74, 6) is 0.947. The summed E-state index contributed by atoms with van der Waals surface area (Å²) in [5.41, 5.74) is 7.44. The molecule has 1 atom stereocenters. The Hall–Kier alpha value is -1.54. The maximum Gasteiger partial charge on any atom is 0.131 e. The van der Waals surface area contributed by atoms with Crippen molar-refractivity contribution in [3.63, 3.8) is 0 Å². The number of ether oxygens (including phenoxy) is 1. The molecule has 2 aromatic carbocycles. The van der Waals surface area contributed by atoms with E-state index in [9.17, 15) is 0 Å². The molecule has 0 saturated heterocycles. The van der Waals surface area contributed by atoms with Gasteiger partial charge in [0.25, 0.3) is 0 Å². The first-order chi connectivity index (χ1) is 9.38. The first-order valence-corrected chi connectivity index (χ1v) is 7.28. The van der Waals surface area contributed by atoms with Gasteiger partial charge >= 0.3 is 0 Å². The second-order valence-electron chi connectivity index (χ2n) is 6.65. The van der Waals surface area contributed by atoms with E-state index in [1.54, 1.807) is 0 Å². The van der Waals surface area contributed by atoms with Gasteiger partial charge in [0, 0.05) is 17.0 Å². The molecular weight excluding hydrogens is 246 g/mol. The summed E-state index contributed by atoms with van der Waals surface area (Å²) in [7, 11) is 0. The van der Waals surface area contributed by atoms with Crippen LogP contribution in [0, 0.1) is 5.41 Å². The number of hydrogen-bond donors (Lipinski definition) is 1. The second-order valence-corrected chi connectivity index (χ2v) is 6.65. The summed E-state index contributed by atoms with van der Waals surface area (Å²) >= 11 is 0. The monoisotopic (exact) mass is 271 g/mol. The maximum absolute atomic E-state index is 6.11. The van der Waals surface area contributed by atoms with Crippen molar-refractivity contribution in [1.29, 1.82) is 0 Å². The van der Waals surface area contributed by atoms with Gasteiger partial charge in [-0.3, -0.25) is 0 Å². The van der Waals surface area contributed by atoms with Gasteiger partial charge in [-0.05, 0) is 24.1 Å². The summed E-state index contributed by atoms with van der Waals surface area (Å²) in [5, 5.41) is 2.35. The molecule has 0 radical (unpaired) electrons. The predicted octanol–water partition coefficient (Wildman–Crippen LogP) is 4.67. The lowest BCUT2D eigenvalue weighted by molar-refractivity contribution is 0.243. The van der Waals surface area contributed by atoms with E-state index in [1.165, 1.54) is 5.39 Å². The normalized spacial score (nSPS) is 13.4. The highest BCUT2D eigenvalue weighted by Gasteiger charge is 2.14. The van der Waals surface area contributed by atoms with E-state index in [0.717, 1.165) is 29.7 Å². The molecule has 0 amide bonds. The quantitative estimate of drug-likeness (QED) is 0.876. The van der Waals surface area contributed by atoms with Crippen molar-refractivity contribution in [2.75, 3.05) is 6.61 Å². The molecule has 2 nitrogen and oxygen atoms in total. The van der Waals surface area contributed by atoms with Crippen LogP contribution in [0.15, 0.2) is 36.4 Å².